The Bertz CT molecular complexity index is 1030. The summed E-state index contributed by atoms with van der Waals surface area (Å²) in [5, 5.41) is 1.73. The second kappa shape index (κ2) is 5.68. The molecule has 2 aromatic carbocycles. The molecule has 4 rings (SSSR count). The number of imide groups is 1. The van der Waals surface area contributed by atoms with E-state index in [2.05, 4.69) is 4.98 Å². The van der Waals surface area contributed by atoms with Crippen molar-refractivity contribution in [3.63, 3.8) is 0 Å². The number of carbonyl (C=O) groups is 3. The summed E-state index contributed by atoms with van der Waals surface area (Å²) in [5.41, 5.74) is 0.854. The molecule has 2 amide bonds. The van der Waals surface area contributed by atoms with Crippen LogP contribution in [0.4, 0.5) is 0 Å². The molecule has 3 aromatic rings. The van der Waals surface area contributed by atoms with E-state index in [1.807, 2.05) is 0 Å². The van der Waals surface area contributed by atoms with Gasteiger partial charge in [0.25, 0.3) is 11.8 Å². The van der Waals surface area contributed by atoms with Crippen LogP contribution in [-0.2, 0) is 4.84 Å². The number of amides is 2. The maximum Gasteiger partial charge on any atom is 0.382 e. The van der Waals surface area contributed by atoms with E-state index >= 15 is 0 Å². The van der Waals surface area contributed by atoms with Crippen molar-refractivity contribution in [2.45, 2.75) is 0 Å². The molecule has 0 atom stereocenters. The third-order valence-corrected chi connectivity index (χ3v) is 4.03. The largest absolute Gasteiger partial charge is 0.382 e. The Morgan fingerprint density at radius 2 is 1.60 bits per heavy atom. The highest BCUT2D eigenvalue weighted by atomic mass is 35.5. The van der Waals surface area contributed by atoms with Gasteiger partial charge in [0.1, 0.15) is 0 Å². The molecule has 2 heterocycles. The summed E-state index contributed by atoms with van der Waals surface area (Å²) in [6, 6.07) is 14.5. The first-order chi connectivity index (χ1) is 12.0. The van der Waals surface area contributed by atoms with E-state index in [4.69, 9.17) is 16.4 Å². The van der Waals surface area contributed by atoms with Gasteiger partial charge in [-0.3, -0.25) is 9.59 Å². The molecule has 0 N–H and O–H groups in total. The number of halogens is 1. The summed E-state index contributed by atoms with van der Waals surface area (Å²) in [4.78, 5) is 45.9. The fraction of sp³-hybridized carbons (Fsp3) is 0. The van der Waals surface area contributed by atoms with Gasteiger partial charge in [-0.25, -0.2) is 9.78 Å². The highest BCUT2D eigenvalue weighted by Crippen LogP contribution is 2.24. The number of hydroxylamine groups is 2. The van der Waals surface area contributed by atoms with Crippen LogP contribution in [0.25, 0.3) is 10.9 Å². The van der Waals surface area contributed by atoms with E-state index < -0.39 is 17.8 Å². The van der Waals surface area contributed by atoms with E-state index in [0.717, 1.165) is 5.39 Å². The van der Waals surface area contributed by atoms with E-state index in [-0.39, 0.29) is 16.8 Å². The maximum absolute atomic E-state index is 12.3. The van der Waals surface area contributed by atoms with Crippen molar-refractivity contribution in [2.75, 3.05) is 0 Å². The lowest BCUT2D eigenvalue weighted by Crippen LogP contribution is -2.32. The molecule has 0 unspecified atom stereocenters. The van der Waals surface area contributed by atoms with Gasteiger partial charge in [-0.1, -0.05) is 40.9 Å². The van der Waals surface area contributed by atoms with E-state index in [0.29, 0.717) is 15.6 Å². The molecule has 25 heavy (non-hydrogen) atoms. The van der Waals surface area contributed by atoms with Gasteiger partial charge in [0.2, 0.25) is 0 Å². The Balaban J connectivity index is 1.63. The van der Waals surface area contributed by atoms with Crippen LogP contribution in [0.15, 0.2) is 54.6 Å². The molecular weight excluding hydrogens is 344 g/mol. The molecule has 1 aliphatic rings. The molecule has 1 aromatic heterocycles. The molecule has 6 nitrogen and oxygen atoms in total. The van der Waals surface area contributed by atoms with Crippen LogP contribution in [-0.4, -0.2) is 27.8 Å². The third kappa shape index (κ3) is 2.53. The normalized spacial score (nSPS) is 13.2. The number of aromatic nitrogens is 1. The fourth-order valence-electron chi connectivity index (χ4n) is 2.58. The molecular formula is C18H9ClN2O4. The molecule has 0 saturated heterocycles. The Kier molecular flexibility index (Phi) is 3.47. The Morgan fingerprint density at radius 3 is 2.28 bits per heavy atom. The van der Waals surface area contributed by atoms with E-state index in [1.54, 1.807) is 36.4 Å². The van der Waals surface area contributed by atoms with Crippen LogP contribution in [0.2, 0.25) is 5.02 Å². The van der Waals surface area contributed by atoms with Crippen LogP contribution < -0.4 is 0 Å². The lowest BCUT2D eigenvalue weighted by molar-refractivity contribution is -0.0588. The maximum atomic E-state index is 12.3. The molecule has 0 fully saturated rings. The monoisotopic (exact) mass is 352 g/mol. The molecule has 7 heteroatoms. The minimum atomic E-state index is -0.906. The highest BCUT2D eigenvalue weighted by molar-refractivity contribution is 6.31. The van der Waals surface area contributed by atoms with Gasteiger partial charge in [0.05, 0.1) is 16.6 Å². The first-order valence-corrected chi connectivity index (χ1v) is 7.69. The average molecular weight is 353 g/mol. The molecule has 0 aliphatic carbocycles. The lowest BCUT2D eigenvalue weighted by Gasteiger charge is -2.12. The second-order valence-corrected chi connectivity index (χ2v) is 5.80. The first kappa shape index (κ1) is 15.3. The number of rotatable bonds is 2. The molecule has 0 saturated carbocycles. The topological polar surface area (TPSA) is 76.6 Å². The SMILES string of the molecule is O=C(ON1C(=O)c2ccccc2C1=O)c1ccc2ccc(Cl)cc2n1. The average Bonchev–Trinajstić information content (AvgIpc) is 2.86. The fourth-order valence-corrected chi connectivity index (χ4v) is 2.75. The van der Waals surface area contributed by atoms with Crippen LogP contribution in [0.1, 0.15) is 31.2 Å². The van der Waals surface area contributed by atoms with Crippen molar-refractivity contribution >= 4 is 40.3 Å². The van der Waals surface area contributed by atoms with Crippen molar-refractivity contribution < 1.29 is 19.2 Å². The smallest absolute Gasteiger partial charge is 0.323 e. The number of hydrogen-bond acceptors (Lipinski definition) is 5. The van der Waals surface area contributed by atoms with Gasteiger partial charge in [0.15, 0.2) is 5.69 Å². The van der Waals surface area contributed by atoms with Crippen LogP contribution >= 0.6 is 11.6 Å². The Hall–Kier alpha value is -3.25. The van der Waals surface area contributed by atoms with Crippen molar-refractivity contribution in [3.8, 4) is 0 Å². The molecule has 0 bridgehead atoms. The van der Waals surface area contributed by atoms with E-state index in [1.165, 1.54) is 18.2 Å². The van der Waals surface area contributed by atoms with Gasteiger partial charge in [-0.05, 0) is 30.3 Å². The number of hydrogen-bond donors (Lipinski definition) is 0. The van der Waals surface area contributed by atoms with Crippen molar-refractivity contribution in [1.29, 1.82) is 0 Å². The molecule has 122 valence electrons. The summed E-state index contributed by atoms with van der Waals surface area (Å²) >= 11 is 5.92. The third-order valence-electron chi connectivity index (χ3n) is 3.79. The van der Waals surface area contributed by atoms with Gasteiger partial charge in [-0.2, -0.15) is 0 Å². The summed E-state index contributed by atoms with van der Waals surface area (Å²) in [5.74, 6) is -2.27. The quantitative estimate of drug-likeness (QED) is 0.662. The van der Waals surface area contributed by atoms with Crippen LogP contribution in [0.5, 0.6) is 0 Å². The first-order valence-electron chi connectivity index (χ1n) is 7.31. The van der Waals surface area contributed by atoms with Gasteiger partial charge in [-0.15, -0.1) is 0 Å². The van der Waals surface area contributed by atoms with Crippen molar-refractivity contribution in [3.05, 3.63) is 76.4 Å². The Morgan fingerprint density at radius 1 is 0.960 bits per heavy atom. The zero-order valence-electron chi connectivity index (χ0n) is 12.6. The minimum absolute atomic E-state index is 0.0358. The number of nitrogens with zero attached hydrogens (tertiary/aromatic N) is 2. The van der Waals surface area contributed by atoms with Crippen molar-refractivity contribution in [2.24, 2.45) is 0 Å². The number of benzene rings is 2. The van der Waals surface area contributed by atoms with E-state index in [9.17, 15) is 14.4 Å². The Labute approximate surface area is 146 Å². The molecule has 0 radical (unpaired) electrons. The number of fused-ring (bicyclic) bond motifs is 2. The summed E-state index contributed by atoms with van der Waals surface area (Å²) < 4.78 is 0. The zero-order valence-corrected chi connectivity index (χ0v) is 13.4. The molecule has 1 aliphatic heterocycles. The van der Waals surface area contributed by atoms with Crippen LogP contribution in [0.3, 0.4) is 0 Å². The summed E-state index contributed by atoms with van der Waals surface area (Å²) in [6.07, 6.45) is 0. The van der Waals surface area contributed by atoms with Crippen molar-refractivity contribution in [1.82, 2.24) is 10.0 Å². The predicted octanol–water partition coefficient (Wildman–Crippen LogP) is 3.26. The predicted molar refractivity (Wildman–Crippen MR) is 89.1 cm³/mol. The standard InChI is InChI=1S/C18H9ClN2O4/c19-11-7-5-10-6-8-14(20-15(10)9-11)18(24)25-21-16(22)12-3-1-2-4-13(12)17(21)23/h1-9H. The van der Waals surface area contributed by atoms with Gasteiger partial charge < -0.3 is 4.84 Å². The number of carbonyl (C=O) groups excluding carboxylic acids is 3. The van der Waals surface area contributed by atoms with Crippen LogP contribution in [0, 0.1) is 0 Å². The second-order valence-electron chi connectivity index (χ2n) is 5.36. The summed E-state index contributed by atoms with van der Waals surface area (Å²) in [7, 11) is 0. The number of pyridine rings is 1. The van der Waals surface area contributed by atoms with Gasteiger partial charge >= 0.3 is 5.97 Å². The minimum Gasteiger partial charge on any atom is -0.323 e. The molecule has 0 spiro atoms. The lowest BCUT2D eigenvalue weighted by atomic mass is 10.1. The summed E-state index contributed by atoms with van der Waals surface area (Å²) in [6.45, 7) is 0. The highest BCUT2D eigenvalue weighted by Gasteiger charge is 2.38. The zero-order chi connectivity index (χ0) is 17.6. The van der Waals surface area contributed by atoms with Gasteiger partial charge in [0, 0.05) is 10.4 Å².